The van der Waals surface area contributed by atoms with Crippen molar-refractivity contribution < 1.29 is 14.3 Å². The highest BCUT2D eigenvalue weighted by Gasteiger charge is 2.35. The minimum absolute atomic E-state index is 0.00256. The molecule has 1 unspecified atom stereocenters. The lowest BCUT2D eigenvalue weighted by Gasteiger charge is -2.18. The van der Waals surface area contributed by atoms with Crippen LogP contribution in [-0.4, -0.2) is 34.0 Å². The molecule has 32 heavy (non-hydrogen) atoms. The molecule has 0 bridgehead atoms. The van der Waals surface area contributed by atoms with E-state index < -0.39 is 5.79 Å². The number of nitrogens with zero attached hydrogens (tertiary/aromatic N) is 1. The highest BCUT2D eigenvalue weighted by atomic mass is 16.7. The molecule has 6 nitrogen and oxygen atoms in total. The number of ether oxygens (including phenoxy) is 2. The van der Waals surface area contributed by atoms with E-state index in [2.05, 4.69) is 51.3 Å². The van der Waals surface area contributed by atoms with Crippen molar-refractivity contribution in [3.63, 3.8) is 0 Å². The van der Waals surface area contributed by atoms with Gasteiger partial charge < -0.3 is 24.3 Å². The summed E-state index contributed by atoms with van der Waals surface area (Å²) in [5, 5.41) is 7.47. The minimum atomic E-state index is -0.572. The Bertz CT molecular complexity index is 1590. The summed E-state index contributed by atoms with van der Waals surface area (Å²) in [5.41, 5.74) is 6.20. The predicted octanol–water partition coefficient (Wildman–Crippen LogP) is 4.82. The molecule has 2 aliphatic heterocycles. The van der Waals surface area contributed by atoms with Crippen molar-refractivity contribution in [3.05, 3.63) is 59.7 Å². The molecule has 5 aromatic rings. The van der Waals surface area contributed by atoms with Crippen LogP contribution < -0.4 is 5.32 Å². The second-order valence-corrected chi connectivity index (χ2v) is 9.26. The Kier molecular flexibility index (Phi) is 3.49. The van der Waals surface area contributed by atoms with Crippen LogP contribution >= 0.6 is 0 Å². The Morgan fingerprint density at radius 1 is 1.06 bits per heavy atom. The fraction of sp³-hybridized carbons (Fsp3) is 0.269. The number of rotatable bonds is 2. The number of carbonyl (C=O) groups is 1. The van der Waals surface area contributed by atoms with Crippen LogP contribution in [0.4, 0.5) is 0 Å². The van der Waals surface area contributed by atoms with Crippen LogP contribution in [0.5, 0.6) is 0 Å². The van der Waals surface area contributed by atoms with Gasteiger partial charge >= 0.3 is 0 Å². The lowest BCUT2D eigenvalue weighted by Crippen LogP contribution is -2.24. The average Bonchev–Trinajstić information content (AvgIpc) is 3.51. The fourth-order valence-electron chi connectivity index (χ4n) is 5.65. The smallest absolute Gasteiger partial charge is 0.252 e. The number of para-hydroxylation sites is 2. The number of nitrogens with one attached hydrogen (secondary N) is 2. The van der Waals surface area contributed by atoms with Gasteiger partial charge in [-0.1, -0.05) is 36.4 Å². The number of aromatic nitrogens is 2. The summed E-state index contributed by atoms with van der Waals surface area (Å²) >= 11 is 0. The molecule has 3 aromatic carbocycles. The van der Waals surface area contributed by atoms with Crippen molar-refractivity contribution in [1.82, 2.24) is 14.9 Å². The lowest BCUT2D eigenvalue weighted by molar-refractivity contribution is -0.139. The Balaban J connectivity index is 1.64. The maximum Gasteiger partial charge on any atom is 0.252 e. The summed E-state index contributed by atoms with van der Waals surface area (Å²) in [7, 11) is 0. The third-order valence-corrected chi connectivity index (χ3v) is 6.87. The Labute approximate surface area is 184 Å². The van der Waals surface area contributed by atoms with Gasteiger partial charge in [0.05, 0.1) is 29.7 Å². The SMILES string of the molecule is CC1(C)OCC(Cn2c3ccccc3c3c4c(c5c6ccccc6[nH]c5c32)C(=O)NC4)O1. The van der Waals surface area contributed by atoms with Gasteiger partial charge in [0.15, 0.2) is 5.79 Å². The third kappa shape index (κ3) is 2.34. The molecule has 1 atom stereocenters. The van der Waals surface area contributed by atoms with Crippen LogP contribution in [0.25, 0.3) is 43.6 Å². The second kappa shape index (κ2) is 6.12. The van der Waals surface area contributed by atoms with Crippen LogP contribution in [0.2, 0.25) is 0 Å². The van der Waals surface area contributed by atoms with Crippen LogP contribution in [0, 0.1) is 0 Å². The van der Waals surface area contributed by atoms with Crippen molar-refractivity contribution in [2.45, 2.75) is 38.8 Å². The van der Waals surface area contributed by atoms with E-state index in [0.717, 1.165) is 54.7 Å². The van der Waals surface area contributed by atoms with Gasteiger partial charge in [0.25, 0.3) is 5.91 Å². The van der Waals surface area contributed by atoms with Crippen LogP contribution in [0.15, 0.2) is 48.5 Å². The highest BCUT2D eigenvalue weighted by molar-refractivity contribution is 6.30. The molecule has 1 amide bonds. The molecule has 0 aliphatic carbocycles. The van der Waals surface area contributed by atoms with Crippen LogP contribution in [0.3, 0.4) is 0 Å². The molecule has 7 rings (SSSR count). The van der Waals surface area contributed by atoms with Crippen molar-refractivity contribution in [2.75, 3.05) is 6.61 Å². The summed E-state index contributed by atoms with van der Waals surface area (Å²) in [6.45, 7) is 5.70. The van der Waals surface area contributed by atoms with Crippen molar-refractivity contribution in [1.29, 1.82) is 0 Å². The quantitative estimate of drug-likeness (QED) is 0.426. The number of H-pyrrole nitrogens is 1. The van der Waals surface area contributed by atoms with Gasteiger partial charge in [0.1, 0.15) is 6.10 Å². The van der Waals surface area contributed by atoms with Gasteiger partial charge in [-0.15, -0.1) is 0 Å². The first-order valence-corrected chi connectivity index (χ1v) is 11.1. The van der Waals surface area contributed by atoms with Crippen molar-refractivity contribution >= 4 is 49.5 Å². The second-order valence-electron chi connectivity index (χ2n) is 9.26. The van der Waals surface area contributed by atoms with Gasteiger partial charge in [-0.25, -0.2) is 0 Å². The zero-order valence-electron chi connectivity index (χ0n) is 18.0. The average molecular weight is 425 g/mol. The van der Waals surface area contributed by atoms with E-state index in [1.165, 1.54) is 0 Å². The standard InChI is InChI=1S/C26H23N3O3/c1-26(2)31-13-14(32-26)12-29-19-10-6-4-8-16(19)20-17-11-27-25(30)22(17)21-15-7-3-5-9-18(15)28-23(21)24(20)29/h3-10,14,28H,11-13H2,1-2H3,(H,27,30). The monoisotopic (exact) mass is 425 g/mol. The normalized spacial score (nSPS) is 20.1. The van der Waals surface area contributed by atoms with Crippen LogP contribution in [-0.2, 0) is 22.6 Å². The van der Waals surface area contributed by atoms with Gasteiger partial charge in [-0.2, -0.15) is 0 Å². The molecule has 4 heterocycles. The Morgan fingerprint density at radius 2 is 1.84 bits per heavy atom. The molecule has 2 aromatic heterocycles. The predicted molar refractivity (Wildman–Crippen MR) is 125 cm³/mol. The fourth-order valence-corrected chi connectivity index (χ4v) is 5.65. The molecule has 0 radical (unpaired) electrons. The molecular formula is C26H23N3O3. The Hall–Kier alpha value is -3.35. The summed E-state index contributed by atoms with van der Waals surface area (Å²) in [4.78, 5) is 16.6. The highest BCUT2D eigenvalue weighted by Crippen LogP contribution is 2.43. The number of aromatic amines is 1. The van der Waals surface area contributed by atoms with E-state index in [1.807, 2.05) is 26.0 Å². The van der Waals surface area contributed by atoms with Crippen molar-refractivity contribution in [2.24, 2.45) is 0 Å². The number of carbonyl (C=O) groups excluding carboxylic acids is 1. The zero-order chi connectivity index (χ0) is 21.6. The number of fused-ring (bicyclic) bond motifs is 10. The lowest BCUT2D eigenvalue weighted by atomic mass is 9.97. The minimum Gasteiger partial charge on any atom is -0.353 e. The number of amides is 1. The molecule has 160 valence electrons. The number of hydrogen-bond donors (Lipinski definition) is 2. The number of hydrogen-bond acceptors (Lipinski definition) is 3. The topological polar surface area (TPSA) is 68.3 Å². The summed E-state index contributed by atoms with van der Waals surface area (Å²) < 4.78 is 14.4. The van der Waals surface area contributed by atoms with Gasteiger partial charge in [-0.3, -0.25) is 4.79 Å². The summed E-state index contributed by atoms with van der Waals surface area (Å²) in [5.74, 6) is -0.569. The van der Waals surface area contributed by atoms with Gasteiger partial charge in [0.2, 0.25) is 0 Å². The van der Waals surface area contributed by atoms with E-state index in [4.69, 9.17) is 9.47 Å². The third-order valence-electron chi connectivity index (χ3n) is 6.87. The van der Waals surface area contributed by atoms with E-state index in [1.54, 1.807) is 0 Å². The largest absolute Gasteiger partial charge is 0.353 e. The summed E-state index contributed by atoms with van der Waals surface area (Å²) in [6.07, 6.45) is -0.0450. The van der Waals surface area contributed by atoms with Gasteiger partial charge in [-0.05, 0) is 31.5 Å². The van der Waals surface area contributed by atoms with Crippen LogP contribution in [0.1, 0.15) is 29.8 Å². The number of benzene rings is 3. The van der Waals surface area contributed by atoms with Crippen molar-refractivity contribution in [3.8, 4) is 0 Å². The van der Waals surface area contributed by atoms with E-state index in [0.29, 0.717) is 19.7 Å². The first-order chi connectivity index (χ1) is 15.5. The van der Waals surface area contributed by atoms with E-state index in [-0.39, 0.29) is 12.0 Å². The van der Waals surface area contributed by atoms with Gasteiger partial charge in [0, 0.05) is 39.1 Å². The zero-order valence-corrected chi connectivity index (χ0v) is 18.0. The molecule has 0 saturated carbocycles. The summed E-state index contributed by atoms with van der Waals surface area (Å²) in [6, 6.07) is 16.7. The molecule has 6 heteroatoms. The first kappa shape index (κ1) is 18.2. The maximum absolute atomic E-state index is 13.0. The Morgan fingerprint density at radius 3 is 2.66 bits per heavy atom. The molecule has 0 spiro atoms. The molecule has 2 N–H and O–H groups in total. The van der Waals surface area contributed by atoms with E-state index >= 15 is 0 Å². The maximum atomic E-state index is 13.0. The molecular weight excluding hydrogens is 402 g/mol. The molecule has 1 fully saturated rings. The molecule has 2 aliphatic rings. The molecule has 1 saturated heterocycles. The van der Waals surface area contributed by atoms with E-state index in [9.17, 15) is 4.79 Å². The first-order valence-electron chi connectivity index (χ1n) is 11.1.